The maximum Gasteiger partial charge on any atom is 0.335 e. The van der Waals surface area contributed by atoms with E-state index in [1.54, 1.807) is 12.1 Å². The summed E-state index contributed by atoms with van der Waals surface area (Å²) < 4.78 is 2.10. The Morgan fingerprint density at radius 2 is 2.00 bits per heavy atom. The van der Waals surface area contributed by atoms with E-state index in [1.807, 2.05) is 29.6 Å². The molecule has 0 aliphatic carbocycles. The highest BCUT2D eigenvalue weighted by atomic mass is 16.4. The molecule has 2 aliphatic heterocycles. The summed E-state index contributed by atoms with van der Waals surface area (Å²) in [7, 11) is 0. The number of carbonyl (C=O) groups is 2. The van der Waals surface area contributed by atoms with Gasteiger partial charge in [0.05, 0.1) is 11.5 Å². The molecule has 4 heterocycles. The number of carbonyl (C=O) groups excluding carboxylic acids is 1. The van der Waals surface area contributed by atoms with E-state index >= 15 is 0 Å². The van der Waals surface area contributed by atoms with E-state index in [2.05, 4.69) is 14.5 Å². The molecular weight excluding hydrogens is 368 g/mol. The minimum atomic E-state index is -0.909. The summed E-state index contributed by atoms with van der Waals surface area (Å²) >= 11 is 0. The van der Waals surface area contributed by atoms with Crippen molar-refractivity contribution in [3.05, 3.63) is 53.7 Å². The summed E-state index contributed by atoms with van der Waals surface area (Å²) in [6, 6.07) is 5.21. The number of amides is 1. The Hall–Kier alpha value is -3.09. The van der Waals surface area contributed by atoms with Crippen LogP contribution in [0.2, 0.25) is 0 Å². The molecule has 1 atom stereocenters. The molecule has 29 heavy (non-hydrogen) atoms. The average molecular weight is 392 g/mol. The van der Waals surface area contributed by atoms with Gasteiger partial charge in [0.25, 0.3) is 0 Å². The Labute approximate surface area is 168 Å². The number of aromatic carboxylic acids is 1. The number of H-pyrrole nitrogens is 1. The Morgan fingerprint density at radius 1 is 1.17 bits per heavy atom. The van der Waals surface area contributed by atoms with Gasteiger partial charge < -0.3 is 19.6 Å². The van der Waals surface area contributed by atoms with Crippen LogP contribution in [0.1, 0.15) is 46.9 Å². The fourth-order valence-electron chi connectivity index (χ4n) is 4.85. The predicted octanol–water partition coefficient (Wildman–Crippen LogP) is 3.03. The third-order valence-corrected chi connectivity index (χ3v) is 6.49. The quantitative estimate of drug-likeness (QED) is 0.717. The molecule has 1 saturated heterocycles. The number of aryl methyl sites for hydroxylation is 1. The minimum Gasteiger partial charge on any atom is -0.478 e. The van der Waals surface area contributed by atoms with Crippen LogP contribution in [0.5, 0.6) is 0 Å². The smallest absolute Gasteiger partial charge is 0.335 e. The van der Waals surface area contributed by atoms with E-state index < -0.39 is 5.97 Å². The third kappa shape index (κ3) is 3.20. The molecule has 2 aromatic heterocycles. The number of rotatable bonds is 3. The minimum absolute atomic E-state index is 0.0412. The molecule has 3 aromatic rings. The zero-order valence-corrected chi connectivity index (χ0v) is 16.2. The molecule has 2 N–H and O–H groups in total. The fraction of sp³-hybridized carbons (Fsp3) is 0.409. The number of piperidine rings is 1. The van der Waals surface area contributed by atoms with Crippen molar-refractivity contribution in [3.63, 3.8) is 0 Å². The monoisotopic (exact) mass is 392 g/mol. The van der Waals surface area contributed by atoms with Crippen molar-refractivity contribution in [1.29, 1.82) is 0 Å². The lowest BCUT2D eigenvalue weighted by atomic mass is 9.88. The standard InChI is InChI=1S/C22H24N4O3/c27-21(16-2-4-20-23-7-10-26(20)13-16)25-8-5-14(6-9-25)18-12-24-19-3-1-15(22(28)29)11-17(18)19/h1,3,7,10-12,14,16,24H,2,4-6,8-9,13H2,(H,28,29). The SMILES string of the molecule is O=C(O)c1ccc2[nH]cc(C3CCN(C(=O)C4CCc5nccn5C4)CC3)c2c1. The second kappa shape index (κ2) is 7.06. The van der Waals surface area contributed by atoms with Crippen LogP contribution >= 0.6 is 0 Å². The average Bonchev–Trinajstić information content (AvgIpc) is 3.39. The first-order chi connectivity index (χ1) is 14.1. The van der Waals surface area contributed by atoms with E-state index in [4.69, 9.17) is 0 Å². The molecule has 150 valence electrons. The molecule has 0 spiro atoms. The molecule has 7 heteroatoms. The molecule has 0 radical (unpaired) electrons. The highest BCUT2D eigenvalue weighted by Gasteiger charge is 2.32. The lowest BCUT2D eigenvalue weighted by molar-refractivity contribution is -0.137. The molecule has 0 bridgehead atoms. The summed E-state index contributed by atoms with van der Waals surface area (Å²) in [6.07, 6.45) is 9.31. The van der Waals surface area contributed by atoms with Gasteiger partial charge in [-0.1, -0.05) is 0 Å². The van der Waals surface area contributed by atoms with Crippen LogP contribution in [0.25, 0.3) is 10.9 Å². The first kappa shape index (κ1) is 18.0. The van der Waals surface area contributed by atoms with Gasteiger partial charge in [-0.05, 0) is 48.9 Å². The first-order valence-corrected chi connectivity index (χ1v) is 10.2. The topological polar surface area (TPSA) is 91.2 Å². The van der Waals surface area contributed by atoms with Crippen molar-refractivity contribution >= 4 is 22.8 Å². The van der Waals surface area contributed by atoms with Gasteiger partial charge in [0.1, 0.15) is 5.82 Å². The lowest BCUT2D eigenvalue weighted by Crippen LogP contribution is -2.43. The van der Waals surface area contributed by atoms with Crippen molar-refractivity contribution in [2.45, 2.75) is 38.1 Å². The number of fused-ring (bicyclic) bond motifs is 2. The highest BCUT2D eigenvalue weighted by molar-refractivity contribution is 5.94. The number of aromatic nitrogens is 3. The number of nitrogens with one attached hydrogen (secondary N) is 1. The lowest BCUT2D eigenvalue weighted by Gasteiger charge is -2.35. The zero-order valence-electron chi connectivity index (χ0n) is 16.2. The summed E-state index contributed by atoms with van der Waals surface area (Å²) in [5.41, 5.74) is 2.43. The number of benzene rings is 1. The molecule has 0 saturated carbocycles. The number of aromatic amines is 1. The molecule has 1 fully saturated rings. The number of nitrogens with zero attached hydrogens (tertiary/aromatic N) is 3. The Bertz CT molecular complexity index is 1070. The maximum absolute atomic E-state index is 13.0. The van der Waals surface area contributed by atoms with Crippen LogP contribution < -0.4 is 0 Å². The number of hydrogen-bond donors (Lipinski definition) is 2. The van der Waals surface area contributed by atoms with Gasteiger partial charge >= 0.3 is 5.97 Å². The number of carboxylic acids is 1. The van der Waals surface area contributed by atoms with E-state index in [0.717, 1.165) is 67.6 Å². The summed E-state index contributed by atoms with van der Waals surface area (Å²) in [5, 5.41) is 10.3. The van der Waals surface area contributed by atoms with E-state index in [9.17, 15) is 14.7 Å². The molecule has 1 unspecified atom stereocenters. The molecule has 5 rings (SSSR count). The molecule has 1 amide bonds. The van der Waals surface area contributed by atoms with Gasteiger partial charge in [-0.25, -0.2) is 9.78 Å². The van der Waals surface area contributed by atoms with E-state index in [1.165, 1.54) is 0 Å². The van der Waals surface area contributed by atoms with Crippen LogP contribution in [0.15, 0.2) is 36.8 Å². The summed E-state index contributed by atoms with van der Waals surface area (Å²) in [4.78, 5) is 34.0. The highest BCUT2D eigenvalue weighted by Crippen LogP contribution is 2.34. The van der Waals surface area contributed by atoms with Crippen LogP contribution in [0.3, 0.4) is 0 Å². The van der Waals surface area contributed by atoms with Gasteiger partial charge in [-0.15, -0.1) is 0 Å². The molecule has 1 aromatic carbocycles. The van der Waals surface area contributed by atoms with Gasteiger partial charge in [0.2, 0.25) is 5.91 Å². The van der Waals surface area contributed by atoms with Crippen molar-refractivity contribution in [2.24, 2.45) is 5.92 Å². The normalized spacial score (nSPS) is 20.0. The van der Waals surface area contributed by atoms with E-state index in [0.29, 0.717) is 11.5 Å². The van der Waals surface area contributed by atoms with Crippen molar-refractivity contribution < 1.29 is 14.7 Å². The third-order valence-electron chi connectivity index (χ3n) is 6.49. The van der Waals surface area contributed by atoms with Crippen LogP contribution in [-0.2, 0) is 17.8 Å². The largest absolute Gasteiger partial charge is 0.478 e. The van der Waals surface area contributed by atoms with Gasteiger partial charge in [-0.3, -0.25) is 4.79 Å². The fourth-order valence-corrected chi connectivity index (χ4v) is 4.85. The van der Waals surface area contributed by atoms with Gasteiger partial charge in [0, 0.05) is 55.5 Å². The number of hydrogen-bond acceptors (Lipinski definition) is 3. The Morgan fingerprint density at radius 3 is 2.79 bits per heavy atom. The second-order valence-electron chi connectivity index (χ2n) is 8.14. The number of likely N-dealkylation sites (tertiary alicyclic amines) is 1. The Kier molecular flexibility index (Phi) is 4.38. The van der Waals surface area contributed by atoms with E-state index in [-0.39, 0.29) is 11.8 Å². The molecule has 2 aliphatic rings. The van der Waals surface area contributed by atoms with Crippen LogP contribution in [-0.4, -0.2) is 49.5 Å². The number of carboxylic acid groups (broad SMARTS) is 1. The maximum atomic E-state index is 13.0. The summed E-state index contributed by atoms with van der Waals surface area (Å²) in [5.74, 6) is 0.804. The van der Waals surface area contributed by atoms with Crippen molar-refractivity contribution in [2.75, 3.05) is 13.1 Å². The predicted molar refractivity (Wildman–Crippen MR) is 108 cm³/mol. The Balaban J connectivity index is 1.27. The van der Waals surface area contributed by atoms with Gasteiger partial charge in [0.15, 0.2) is 0 Å². The van der Waals surface area contributed by atoms with Crippen LogP contribution in [0, 0.1) is 5.92 Å². The molecule has 7 nitrogen and oxygen atoms in total. The van der Waals surface area contributed by atoms with Crippen molar-refractivity contribution in [1.82, 2.24) is 19.4 Å². The van der Waals surface area contributed by atoms with Crippen molar-refractivity contribution in [3.8, 4) is 0 Å². The second-order valence-corrected chi connectivity index (χ2v) is 8.14. The molecular formula is C22H24N4O3. The van der Waals surface area contributed by atoms with Crippen LogP contribution in [0.4, 0.5) is 0 Å². The number of imidazole rings is 1. The van der Waals surface area contributed by atoms with Gasteiger partial charge in [-0.2, -0.15) is 0 Å². The summed E-state index contributed by atoms with van der Waals surface area (Å²) in [6.45, 7) is 2.23. The zero-order chi connectivity index (χ0) is 20.0. The first-order valence-electron chi connectivity index (χ1n) is 10.2.